The lowest BCUT2D eigenvalue weighted by Gasteiger charge is -2.29. The molecule has 4 heteroatoms. The van der Waals surface area contributed by atoms with Crippen molar-refractivity contribution in [2.45, 2.75) is 26.2 Å². The SMILES string of the molecule is COc1cc(C)c(C(C)(C)CNCC=O)c(OC)c1. The van der Waals surface area contributed by atoms with Gasteiger partial charge in [-0.15, -0.1) is 0 Å². The highest BCUT2D eigenvalue weighted by Gasteiger charge is 2.26. The number of nitrogens with one attached hydrogen (secondary N) is 1. The zero-order valence-corrected chi connectivity index (χ0v) is 12.4. The topological polar surface area (TPSA) is 47.6 Å². The molecule has 0 heterocycles. The summed E-state index contributed by atoms with van der Waals surface area (Å²) < 4.78 is 10.7. The summed E-state index contributed by atoms with van der Waals surface area (Å²) in [7, 11) is 3.30. The van der Waals surface area contributed by atoms with Crippen LogP contribution in [0, 0.1) is 6.92 Å². The van der Waals surface area contributed by atoms with Gasteiger partial charge in [0.2, 0.25) is 0 Å². The predicted molar refractivity (Wildman–Crippen MR) is 76.2 cm³/mol. The molecule has 0 aliphatic carbocycles. The average Bonchev–Trinajstić information content (AvgIpc) is 2.37. The van der Waals surface area contributed by atoms with Gasteiger partial charge in [-0.05, 0) is 18.6 Å². The van der Waals surface area contributed by atoms with E-state index in [1.807, 2.05) is 19.1 Å². The second-order valence-electron chi connectivity index (χ2n) is 5.20. The molecule has 0 fully saturated rings. The third-order valence-electron chi connectivity index (χ3n) is 3.20. The fourth-order valence-electron chi connectivity index (χ4n) is 2.40. The Hall–Kier alpha value is -1.55. The lowest BCUT2D eigenvalue weighted by Crippen LogP contribution is -2.34. The molecule has 1 aromatic carbocycles. The van der Waals surface area contributed by atoms with Gasteiger partial charge in [0.15, 0.2) is 0 Å². The number of aldehydes is 1. The van der Waals surface area contributed by atoms with Crippen molar-refractivity contribution in [3.8, 4) is 11.5 Å². The van der Waals surface area contributed by atoms with Crippen LogP contribution in [0.5, 0.6) is 11.5 Å². The maximum Gasteiger partial charge on any atom is 0.133 e. The summed E-state index contributed by atoms with van der Waals surface area (Å²) >= 11 is 0. The molecule has 0 saturated carbocycles. The van der Waals surface area contributed by atoms with Crippen molar-refractivity contribution < 1.29 is 14.3 Å². The Labute approximate surface area is 115 Å². The molecular weight excluding hydrogens is 242 g/mol. The number of rotatable bonds is 7. The fourth-order valence-corrected chi connectivity index (χ4v) is 2.40. The number of ether oxygens (including phenoxy) is 2. The van der Waals surface area contributed by atoms with Crippen molar-refractivity contribution >= 4 is 6.29 Å². The number of aryl methyl sites for hydroxylation is 1. The first kappa shape index (κ1) is 15.5. The first-order valence-corrected chi connectivity index (χ1v) is 6.33. The Bertz CT molecular complexity index is 441. The Kier molecular flexibility index (Phi) is 5.36. The molecule has 4 nitrogen and oxygen atoms in total. The van der Waals surface area contributed by atoms with Crippen molar-refractivity contribution in [2.24, 2.45) is 0 Å². The van der Waals surface area contributed by atoms with E-state index in [0.29, 0.717) is 13.1 Å². The van der Waals surface area contributed by atoms with E-state index >= 15 is 0 Å². The van der Waals surface area contributed by atoms with Crippen LogP contribution in [0.2, 0.25) is 0 Å². The standard InChI is InChI=1S/C15H23NO3/c1-11-8-12(18-4)9-13(19-5)14(11)15(2,3)10-16-6-7-17/h7-9,16H,6,10H2,1-5H3. The molecule has 0 aromatic heterocycles. The summed E-state index contributed by atoms with van der Waals surface area (Å²) in [6, 6.07) is 3.89. The maximum absolute atomic E-state index is 10.4. The smallest absolute Gasteiger partial charge is 0.133 e. The summed E-state index contributed by atoms with van der Waals surface area (Å²) in [6.45, 7) is 7.36. The van der Waals surface area contributed by atoms with E-state index in [2.05, 4.69) is 19.2 Å². The van der Waals surface area contributed by atoms with Crippen LogP contribution in [0.1, 0.15) is 25.0 Å². The van der Waals surface area contributed by atoms with Crippen LogP contribution >= 0.6 is 0 Å². The minimum absolute atomic E-state index is 0.134. The van der Waals surface area contributed by atoms with Crippen molar-refractivity contribution in [3.05, 3.63) is 23.3 Å². The lowest BCUT2D eigenvalue weighted by atomic mass is 9.81. The van der Waals surface area contributed by atoms with Crippen molar-refractivity contribution in [3.63, 3.8) is 0 Å². The van der Waals surface area contributed by atoms with Gasteiger partial charge in [-0.3, -0.25) is 0 Å². The van der Waals surface area contributed by atoms with Crippen LogP contribution in [0.25, 0.3) is 0 Å². The monoisotopic (exact) mass is 265 g/mol. The molecular formula is C15H23NO3. The molecule has 0 unspecified atom stereocenters. The van der Waals surface area contributed by atoms with E-state index in [4.69, 9.17) is 9.47 Å². The van der Waals surface area contributed by atoms with Crippen LogP contribution in [0.4, 0.5) is 0 Å². The summed E-state index contributed by atoms with van der Waals surface area (Å²) in [4.78, 5) is 10.4. The van der Waals surface area contributed by atoms with Gasteiger partial charge in [0.05, 0.1) is 20.8 Å². The number of hydrogen-bond donors (Lipinski definition) is 1. The van der Waals surface area contributed by atoms with Gasteiger partial charge in [-0.1, -0.05) is 13.8 Å². The Balaban J connectivity index is 3.13. The maximum atomic E-state index is 10.4. The second-order valence-corrected chi connectivity index (χ2v) is 5.20. The molecule has 0 spiro atoms. The van der Waals surface area contributed by atoms with Gasteiger partial charge >= 0.3 is 0 Å². The fraction of sp³-hybridized carbons (Fsp3) is 0.533. The molecule has 19 heavy (non-hydrogen) atoms. The largest absolute Gasteiger partial charge is 0.497 e. The molecule has 106 valence electrons. The number of carbonyl (C=O) groups is 1. The van der Waals surface area contributed by atoms with Crippen LogP contribution < -0.4 is 14.8 Å². The zero-order valence-electron chi connectivity index (χ0n) is 12.4. The van der Waals surface area contributed by atoms with Crippen LogP contribution in [0.3, 0.4) is 0 Å². The van der Waals surface area contributed by atoms with E-state index in [-0.39, 0.29) is 5.41 Å². The minimum Gasteiger partial charge on any atom is -0.497 e. The van der Waals surface area contributed by atoms with E-state index < -0.39 is 0 Å². The zero-order chi connectivity index (χ0) is 14.5. The molecule has 0 radical (unpaired) electrons. The second kappa shape index (κ2) is 6.57. The van der Waals surface area contributed by atoms with Crippen LogP contribution in [-0.2, 0) is 10.2 Å². The Morgan fingerprint density at radius 3 is 2.47 bits per heavy atom. The highest BCUT2D eigenvalue weighted by molar-refractivity contribution is 5.52. The average molecular weight is 265 g/mol. The summed E-state index contributed by atoms with van der Waals surface area (Å²) in [6.07, 6.45) is 0.869. The van der Waals surface area contributed by atoms with Crippen molar-refractivity contribution in [2.75, 3.05) is 27.3 Å². The Morgan fingerprint density at radius 1 is 1.26 bits per heavy atom. The van der Waals surface area contributed by atoms with Crippen LogP contribution in [0.15, 0.2) is 12.1 Å². The summed E-state index contributed by atoms with van der Waals surface area (Å²) in [5.74, 6) is 1.60. The van der Waals surface area contributed by atoms with E-state index in [1.165, 1.54) is 0 Å². The molecule has 0 atom stereocenters. The van der Waals surface area contributed by atoms with Gasteiger partial charge in [-0.2, -0.15) is 0 Å². The first-order chi connectivity index (χ1) is 8.96. The number of carbonyl (C=O) groups excluding carboxylic acids is 1. The Morgan fingerprint density at radius 2 is 1.95 bits per heavy atom. The van der Waals surface area contributed by atoms with Crippen molar-refractivity contribution in [1.29, 1.82) is 0 Å². The molecule has 0 amide bonds. The third kappa shape index (κ3) is 3.70. The lowest BCUT2D eigenvalue weighted by molar-refractivity contribution is -0.107. The normalized spacial score (nSPS) is 11.2. The van der Waals surface area contributed by atoms with E-state index in [1.54, 1.807) is 14.2 Å². The number of benzene rings is 1. The summed E-state index contributed by atoms with van der Waals surface area (Å²) in [5.41, 5.74) is 2.12. The van der Waals surface area contributed by atoms with Gasteiger partial charge < -0.3 is 19.6 Å². The molecule has 0 bridgehead atoms. The van der Waals surface area contributed by atoms with Gasteiger partial charge in [-0.25, -0.2) is 0 Å². The first-order valence-electron chi connectivity index (χ1n) is 6.33. The highest BCUT2D eigenvalue weighted by Crippen LogP contribution is 2.37. The van der Waals surface area contributed by atoms with Gasteiger partial charge in [0, 0.05) is 23.6 Å². The van der Waals surface area contributed by atoms with E-state index in [9.17, 15) is 4.79 Å². The molecule has 0 saturated heterocycles. The number of hydrogen-bond acceptors (Lipinski definition) is 4. The van der Waals surface area contributed by atoms with Crippen molar-refractivity contribution in [1.82, 2.24) is 5.32 Å². The molecule has 1 N–H and O–H groups in total. The molecule has 0 aliphatic rings. The summed E-state index contributed by atoms with van der Waals surface area (Å²) in [5, 5.41) is 3.13. The van der Waals surface area contributed by atoms with Gasteiger partial charge in [0.25, 0.3) is 0 Å². The number of methoxy groups -OCH3 is 2. The quantitative estimate of drug-likeness (QED) is 0.605. The van der Waals surface area contributed by atoms with Crippen LogP contribution in [-0.4, -0.2) is 33.6 Å². The van der Waals surface area contributed by atoms with E-state index in [0.717, 1.165) is 28.9 Å². The predicted octanol–water partition coefficient (Wildman–Crippen LogP) is 2.08. The molecule has 1 aromatic rings. The van der Waals surface area contributed by atoms with Gasteiger partial charge in [0.1, 0.15) is 17.8 Å². The molecule has 1 rings (SSSR count). The molecule has 0 aliphatic heterocycles. The highest BCUT2D eigenvalue weighted by atomic mass is 16.5. The minimum atomic E-state index is -0.134. The third-order valence-corrected chi connectivity index (χ3v) is 3.20.